The van der Waals surface area contributed by atoms with Gasteiger partial charge < -0.3 is 10.2 Å². The summed E-state index contributed by atoms with van der Waals surface area (Å²) < 4.78 is 1.86. The molecule has 2 amide bonds. The number of rotatable bonds is 5. The van der Waals surface area contributed by atoms with Gasteiger partial charge >= 0.3 is 0 Å². The third-order valence-electron chi connectivity index (χ3n) is 6.18. The molecule has 1 saturated heterocycles. The minimum Gasteiger partial charge on any atom is -0.337 e. The Hall–Kier alpha value is -3.16. The number of aromatic nitrogens is 2. The first-order valence-electron chi connectivity index (χ1n) is 11.5. The summed E-state index contributed by atoms with van der Waals surface area (Å²) in [6.45, 7) is 8.75. The van der Waals surface area contributed by atoms with E-state index in [-0.39, 0.29) is 18.4 Å². The molecule has 178 valence electrons. The van der Waals surface area contributed by atoms with Gasteiger partial charge in [-0.15, -0.1) is 0 Å². The fraction of sp³-hybridized carbons (Fsp3) is 0.346. The average Bonchev–Trinajstić information content (AvgIpc) is 2.97. The molecular formula is C26H30ClN5O2. The normalized spacial score (nSPS) is 14.6. The van der Waals surface area contributed by atoms with E-state index in [2.05, 4.69) is 15.3 Å². The van der Waals surface area contributed by atoms with Crippen LogP contribution in [0.4, 0.5) is 5.69 Å². The number of amides is 2. The summed E-state index contributed by atoms with van der Waals surface area (Å²) >= 11 is 6.21. The zero-order valence-corrected chi connectivity index (χ0v) is 20.6. The first-order chi connectivity index (χ1) is 16.3. The number of carbonyl (C=O) groups is 2. The summed E-state index contributed by atoms with van der Waals surface area (Å²) in [4.78, 5) is 29.7. The van der Waals surface area contributed by atoms with Crippen LogP contribution < -0.4 is 5.32 Å². The molecule has 0 saturated carbocycles. The van der Waals surface area contributed by atoms with Gasteiger partial charge in [-0.2, -0.15) is 5.10 Å². The second kappa shape index (κ2) is 10.4. The van der Waals surface area contributed by atoms with Crippen molar-refractivity contribution in [3.63, 3.8) is 0 Å². The largest absolute Gasteiger partial charge is 0.337 e. The first kappa shape index (κ1) is 24.0. The number of nitrogens with one attached hydrogen (secondary N) is 1. The van der Waals surface area contributed by atoms with Crippen LogP contribution in [0, 0.1) is 20.8 Å². The maximum Gasteiger partial charge on any atom is 0.255 e. The number of hydrogen-bond acceptors (Lipinski definition) is 4. The Kier molecular flexibility index (Phi) is 7.34. The molecule has 1 fully saturated rings. The van der Waals surface area contributed by atoms with E-state index in [9.17, 15) is 9.59 Å². The fourth-order valence-corrected chi connectivity index (χ4v) is 4.50. The van der Waals surface area contributed by atoms with Crippen LogP contribution in [-0.2, 0) is 4.79 Å². The molecule has 0 atom stereocenters. The monoisotopic (exact) mass is 479 g/mol. The van der Waals surface area contributed by atoms with E-state index in [4.69, 9.17) is 11.6 Å². The summed E-state index contributed by atoms with van der Waals surface area (Å²) in [5.41, 5.74) is 5.08. The summed E-state index contributed by atoms with van der Waals surface area (Å²) in [5.74, 6) is -0.146. The van der Waals surface area contributed by atoms with Crippen molar-refractivity contribution < 1.29 is 9.59 Å². The minimum absolute atomic E-state index is 0.0633. The molecule has 0 aliphatic carbocycles. The van der Waals surface area contributed by atoms with E-state index in [1.54, 1.807) is 12.1 Å². The van der Waals surface area contributed by atoms with E-state index in [1.165, 1.54) is 5.56 Å². The maximum absolute atomic E-state index is 12.9. The highest BCUT2D eigenvalue weighted by molar-refractivity contribution is 6.33. The summed E-state index contributed by atoms with van der Waals surface area (Å²) in [5, 5.41) is 8.14. The lowest BCUT2D eigenvalue weighted by Crippen LogP contribution is -2.38. The molecule has 34 heavy (non-hydrogen) atoms. The fourth-order valence-electron chi connectivity index (χ4n) is 4.28. The Balaban J connectivity index is 1.37. The van der Waals surface area contributed by atoms with Crippen LogP contribution in [-0.4, -0.2) is 64.1 Å². The van der Waals surface area contributed by atoms with Crippen LogP contribution >= 0.6 is 11.6 Å². The van der Waals surface area contributed by atoms with E-state index in [0.717, 1.165) is 35.7 Å². The Morgan fingerprint density at radius 3 is 2.44 bits per heavy atom. The van der Waals surface area contributed by atoms with Gasteiger partial charge in [-0.25, -0.2) is 4.68 Å². The molecule has 4 rings (SSSR count). The Morgan fingerprint density at radius 1 is 0.971 bits per heavy atom. The minimum atomic E-state index is -0.0828. The quantitative estimate of drug-likeness (QED) is 0.594. The molecule has 3 aromatic rings. The maximum atomic E-state index is 12.9. The molecule has 7 nitrogen and oxygen atoms in total. The lowest BCUT2D eigenvalue weighted by Gasteiger charge is -2.22. The number of halogens is 1. The van der Waals surface area contributed by atoms with Crippen LogP contribution in [0.3, 0.4) is 0 Å². The van der Waals surface area contributed by atoms with Gasteiger partial charge in [0.2, 0.25) is 5.91 Å². The third kappa shape index (κ3) is 5.32. The van der Waals surface area contributed by atoms with Crippen molar-refractivity contribution in [3.8, 4) is 5.69 Å². The molecular weight excluding hydrogens is 450 g/mol. The molecule has 8 heteroatoms. The number of nitrogens with zero attached hydrogens (tertiary/aromatic N) is 4. The van der Waals surface area contributed by atoms with Crippen molar-refractivity contribution in [2.75, 3.05) is 38.0 Å². The van der Waals surface area contributed by atoms with Gasteiger partial charge in [0, 0.05) is 26.2 Å². The van der Waals surface area contributed by atoms with Gasteiger partial charge in [-0.3, -0.25) is 14.5 Å². The number of anilines is 1. The Labute approximate surface area is 205 Å². The molecule has 1 aromatic heterocycles. The Morgan fingerprint density at radius 2 is 1.71 bits per heavy atom. The topological polar surface area (TPSA) is 70.5 Å². The highest BCUT2D eigenvalue weighted by atomic mass is 35.5. The summed E-state index contributed by atoms with van der Waals surface area (Å²) in [6, 6.07) is 15.2. The van der Waals surface area contributed by atoms with Crippen molar-refractivity contribution in [2.45, 2.75) is 27.2 Å². The van der Waals surface area contributed by atoms with Gasteiger partial charge in [0.25, 0.3) is 5.91 Å². The molecule has 0 radical (unpaired) electrons. The summed E-state index contributed by atoms with van der Waals surface area (Å²) in [6.07, 6.45) is 0.798. The van der Waals surface area contributed by atoms with Gasteiger partial charge in [0.1, 0.15) is 0 Å². The molecule has 2 heterocycles. The number of carbonyl (C=O) groups excluding carboxylic acids is 2. The molecule has 1 N–H and O–H groups in total. The van der Waals surface area contributed by atoms with Crippen molar-refractivity contribution in [3.05, 3.63) is 76.1 Å². The molecule has 1 aliphatic rings. The number of benzene rings is 2. The second-order valence-corrected chi connectivity index (χ2v) is 9.15. The smallest absolute Gasteiger partial charge is 0.255 e. The number of hydrogen-bond donors (Lipinski definition) is 1. The third-order valence-corrected chi connectivity index (χ3v) is 6.51. The van der Waals surface area contributed by atoms with E-state index in [0.29, 0.717) is 30.2 Å². The van der Waals surface area contributed by atoms with E-state index in [1.807, 2.05) is 66.8 Å². The predicted molar refractivity (Wildman–Crippen MR) is 135 cm³/mol. The van der Waals surface area contributed by atoms with Gasteiger partial charge in [-0.05, 0) is 51.5 Å². The van der Waals surface area contributed by atoms with Crippen LogP contribution in [0.5, 0.6) is 0 Å². The predicted octanol–water partition coefficient (Wildman–Crippen LogP) is 4.24. The average molecular weight is 480 g/mol. The molecule has 0 spiro atoms. The first-order valence-corrected chi connectivity index (χ1v) is 11.9. The molecule has 2 aromatic carbocycles. The van der Waals surface area contributed by atoms with Crippen LogP contribution in [0.25, 0.3) is 5.69 Å². The second-order valence-electron chi connectivity index (χ2n) is 8.74. The number of aryl methyl sites for hydroxylation is 2. The van der Waals surface area contributed by atoms with Crippen molar-refractivity contribution >= 4 is 29.1 Å². The summed E-state index contributed by atoms with van der Waals surface area (Å²) in [7, 11) is 0. The Bertz CT molecular complexity index is 1190. The SMILES string of the molecule is Cc1ccc(-n2nc(C)c(NC(=O)CN3CCCN(C(=O)c4ccccc4Cl)CC3)c2C)cc1. The van der Waals surface area contributed by atoms with Gasteiger partial charge in [-0.1, -0.05) is 41.4 Å². The van der Waals surface area contributed by atoms with Crippen LogP contribution in [0.2, 0.25) is 5.02 Å². The van der Waals surface area contributed by atoms with Crippen molar-refractivity contribution in [1.29, 1.82) is 0 Å². The van der Waals surface area contributed by atoms with E-state index >= 15 is 0 Å². The highest BCUT2D eigenvalue weighted by Gasteiger charge is 2.23. The highest BCUT2D eigenvalue weighted by Crippen LogP contribution is 2.23. The van der Waals surface area contributed by atoms with Crippen molar-refractivity contribution in [1.82, 2.24) is 19.6 Å². The molecule has 0 bridgehead atoms. The van der Waals surface area contributed by atoms with Crippen molar-refractivity contribution in [2.24, 2.45) is 0 Å². The zero-order chi connectivity index (χ0) is 24.2. The molecule has 1 aliphatic heterocycles. The lowest BCUT2D eigenvalue weighted by atomic mass is 10.2. The lowest BCUT2D eigenvalue weighted by molar-refractivity contribution is -0.117. The van der Waals surface area contributed by atoms with E-state index < -0.39 is 0 Å². The van der Waals surface area contributed by atoms with Gasteiger partial charge in [0.05, 0.1) is 39.9 Å². The molecule has 0 unspecified atom stereocenters. The van der Waals surface area contributed by atoms with Crippen LogP contribution in [0.15, 0.2) is 48.5 Å². The zero-order valence-electron chi connectivity index (χ0n) is 19.8. The van der Waals surface area contributed by atoms with Crippen LogP contribution in [0.1, 0.15) is 33.7 Å². The standard InChI is InChI=1S/C26H30ClN5O2/c1-18-9-11-21(12-10-18)32-20(3)25(19(2)29-32)28-24(33)17-30-13-6-14-31(16-15-30)26(34)22-7-4-5-8-23(22)27/h4-5,7-12H,6,13-17H2,1-3H3,(H,28,33). The van der Waals surface area contributed by atoms with Gasteiger partial charge in [0.15, 0.2) is 0 Å².